The van der Waals surface area contributed by atoms with Crippen molar-refractivity contribution >= 4 is 29.5 Å². The van der Waals surface area contributed by atoms with Gasteiger partial charge >= 0.3 is 30.3 Å². The lowest BCUT2D eigenvalue weighted by Gasteiger charge is -2.32. The van der Waals surface area contributed by atoms with Crippen LogP contribution in [-0.2, 0) is 20.9 Å². The number of likely N-dealkylation sites (tertiary alicyclic amines) is 1. The van der Waals surface area contributed by atoms with Gasteiger partial charge in [-0.15, -0.1) is 0 Å². The van der Waals surface area contributed by atoms with E-state index in [1.54, 1.807) is 18.2 Å². The van der Waals surface area contributed by atoms with Crippen LogP contribution < -0.4 is 14.8 Å². The Kier molecular flexibility index (Phi) is 16.4. The monoisotopic (exact) mass is 660 g/mol. The van der Waals surface area contributed by atoms with Crippen molar-refractivity contribution in [2.75, 3.05) is 32.8 Å². The summed E-state index contributed by atoms with van der Waals surface area (Å²) in [7, 11) is 0. The zero-order valence-electron chi connectivity index (χ0n) is 23.0. The number of aliphatic carboxylic acids is 3. The van der Waals surface area contributed by atoms with Gasteiger partial charge in [-0.1, -0.05) is 35.9 Å². The summed E-state index contributed by atoms with van der Waals surface area (Å²) in [5, 5.41) is 27.4. The molecule has 1 aliphatic rings. The van der Waals surface area contributed by atoms with E-state index in [0.717, 1.165) is 50.5 Å². The lowest BCUT2D eigenvalue weighted by Crippen LogP contribution is -2.42. The summed E-state index contributed by atoms with van der Waals surface area (Å²) in [6.07, 6.45) is -7.02. The van der Waals surface area contributed by atoms with Gasteiger partial charge in [0.15, 0.2) is 18.1 Å². The summed E-state index contributed by atoms with van der Waals surface area (Å²) in [6.45, 7) is 4.21. The fraction of sp³-hybridized carbons (Fsp3) is 0.444. The fourth-order valence-electron chi connectivity index (χ4n) is 3.53. The molecule has 4 N–H and O–H groups in total. The van der Waals surface area contributed by atoms with Crippen LogP contribution in [0.3, 0.4) is 0 Å². The Morgan fingerprint density at radius 1 is 0.841 bits per heavy atom. The highest BCUT2D eigenvalue weighted by Gasteiger charge is 2.38. The molecule has 246 valence electrons. The Bertz CT molecular complexity index is 1150. The van der Waals surface area contributed by atoms with E-state index in [2.05, 4.69) is 22.3 Å². The van der Waals surface area contributed by atoms with Crippen LogP contribution in [0.2, 0.25) is 5.02 Å². The van der Waals surface area contributed by atoms with Crippen LogP contribution in [0, 0.1) is 0 Å². The molecule has 0 bridgehead atoms. The van der Waals surface area contributed by atoms with Crippen molar-refractivity contribution in [2.24, 2.45) is 0 Å². The van der Waals surface area contributed by atoms with Gasteiger partial charge in [-0.05, 0) is 68.7 Å². The zero-order chi connectivity index (χ0) is 33.3. The number of rotatable bonds is 11. The minimum Gasteiger partial charge on any atom is -0.490 e. The summed E-state index contributed by atoms with van der Waals surface area (Å²) in [6, 6.07) is 15.8. The molecule has 1 saturated heterocycles. The predicted octanol–water partition coefficient (Wildman–Crippen LogP) is 5.09. The van der Waals surface area contributed by atoms with Crippen LogP contribution in [0.1, 0.15) is 24.8 Å². The first-order chi connectivity index (χ1) is 20.5. The first kappa shape index (κ1) is 38.3. The number of ether oxygens (including phenoxy) is 2. The van der Waals surface area contributed by atoms with Crippen molar-refractivity contribution < 1.29 is 65.5 Å². The minimum atomic E-state index is -5.08. The topological polar surface area (TPSA) is 146 Å². The van der Waals surface area contributed by atoms with Crippen LogP contribution in [0.4, 0.5) is 26.3 Å². The van der Waals surface area contributed by atoms with Gasteiger partial charge < -0.3 is 30.1 Å². The van der Waals surface area contributed by atoms with E-state index in [1.807, 2.05) is 18.2 Å². The fourth-order valence-corrected chi connectivity index (χ4v) is 3.66. The lowest BCUT2D eigenvalue weighted by atomic mass is 10.0. The Balaban J connectivity index is 0.000000574. The summed E-state index contributed by atoms with van der Waals surface area (Å²) < 4.78 is 74.5. The minimum absolute atomic E-state index is 0.376. The third kappa shape index (κ3) is 16.8. The molecule has 2 aromatic rings. The van der Waals surface area contributed by atoms with Gasteiger partial charge in [0.25, 0.3) is 0 Å². The highest BCUT2D eigenvalue weighted by molar-refractivity contribution is 6.30. The van der Waals surface area contributed by atoms with Crippen molar-refractivity contribution in [3.8, 4) is 11.5 Å². The van der Waals surface area contributed by atoms with Crippen molar-refractivity contribution in [1.29, 1.82) is 0 Å². The van der Waals surface area contributed by atoms with Crippen LogP contribution in [0.15, 0.2) is 48.5 Å². The largest absolute Gasteiger partial charge is 0.490 e. The number of carboxylic acid groups (broad SMARTS) is 3. The number of piperidine rings is 1. The first-order valence-corrected chi connectivity index (χ1v) is 13.2. The molecular formula is C27H31ClF6N2O8. The van der Waals surface area contributed by atoms with Crippen LogP contribution in [0.5, 0.6) is 11.5 Å². The molecule has 0 spiro atoms. The molecule has 44 heavy (non-hydrogen) atoms. The average Bonchev–Trinajstić information content (AvgIpc) is 2.94. The van der Waals surface area contributed by atoms with Crippen molar-refractivity contribution in [2.45, 2.75) is 44.2 Å². The number of carbonyl (C=O) groups is 3. The number of alkyl halides is 6. The molecule has 17 heteroatoms. The third-order valence-corrected chi connectivity index (χ3v) is 5.86. The molecule has 0 unspecified atom stereocenters. The zero-order valence-corrected chi connectivity index (χ0v) is 23.8. The molecule has 0 radical (unpaired) electrons. The molecule has 0 saturated carbocycles. The Morgan fingerprint density at radius 2 is 1.32 bits per heavy atom. The molecular weight excluding hydrogens is 630 g/mol. The van der Waals surface area contributed by atoms with Crippen molar-refractivity contribution in [3.63, 3.8) is 0 Å². The van der Waals surface area contributed by atoms with E-state index in [1.165, 1.54) is 5.56 Å². The van der Waals surface area contributed by atoms with Gasteiger partial charge in [0, 0.05) is 17.6 Å². The lowest BCUT2D eigenvalue weighted by molar-refractivity contribution is -0.193. The maximum Gasteiger partial charge on any atom is 0.490 e. The van der Waals surface area contributed by atoms with Crippen molar-refractivity contribution in [3.05, 3.63) is 59.1 Å². The second kappa shape index (κ2) is 18.8. The molecule has 1 fully saturated rings. The van der Waals surface area contributed by atoms with E-state index >= 15 is 0 Å². The number of nitrogens with zero attached hydrogens (tertiary/aromatic N) is 1. The highest BCUT2D eigenvalue weighted by Crippen LogP contribution is 2.26. The van der Waals surface area contributed by atoms with Gasteiger partial charge in [0.05, 0.1) is 6.61 Å². The quantitative estimate of drug-likeness (QED) is 0.190. The Labute approximate surface area is 253 Å². The van der Waals surface area contributed by atoms with Gasteiger partial charge in [-0.25, -0.2) is 14.4 Å². The molecule has 0 amide bonds. The van der Waals surface area contributed by atoms with Crippen LogP contribution >= 0.6 is 11.6 Å². The maximum atomic E-state index is 10.7. The van der Waals surface area contributed by atoms with E-state index < -0.39 is 30.3 Å². The number of hydrogen-bond acceptors (Lipinski definition) is 7. The molecule has 0 atom stereocenters. The van der Waals surface area contributed by atoms with E-state index in [9.17, 15) is 31.1 Å². The molecule has 3 rings (SSSR count). The summed E-state index contributed by atoms with van der Waals surface area (Å²) in [5.41, 5.74) is 1.30. The number of hydrogen-bond donors (Lipinski definition) is 4. The molecule has 10 nitrogen and oxygen atoms in total. The summed E-state index contributed by atoms with van der Waals surface area (Å²) >= 11 is 5.95. The normalized spacial score (nSPS) is 13.9. The second-order valence-corrected chi connectivity index (χ2v) is 9.50. The standard InChI is InChI=1S/C23H29ClN2O4.2C2HF3O2/c24-19-8-6-18(7-9-19)16-26-13-10-20(11-14-26)25-12-3-15-29-21-4-1-2-5-22(21)30-17-23(27)28;2*3-2(4,5)1(6)7/h1-2,4-9,20,25H,3,10-17H2,(H,27,28);2*(H,6,7). The van der Waals surface area contributed by atoms with Gasteiger partial charge in [0.2, 0.25) is 0 Å². The van der Waals surface area contributed by atoms with E-state index in [0.29, 0.717) is 24.1 Å². The van der Waals surface area contributed by atoms with Gasteiger partial charge in [0.1, 0.15) is 0 Å². The molecule has 1 heterocycles. The predicted molar refractivity (Wildman–Crippen MR) is 145 cm³/mol. The summed E-state index contributed by atoms with van der Waals surface area (Å²) in [4.78, 5) is 31.0. The second-order valence-electron chi connectivity index (χ2n) is 9.07. The van der Waals surface area contributed by atoms with Crippen molar-refractivity contribution in [1.82, 2.24) is 10.2 Å². The number of para-hydroxylation sites is 2. The third-order valence-electron chi connectivity index (χ3n) is 5.60. The molecule has 0 aliphatic carbocycles. The number of benzene rings is 2. The molecule has 2 aromatic carbocycles. The van der Waals surface area contributed by atoms with Gasteiger partial charge in [-0.2, -0.15) is 26.3 Å². The Hall–Kier alpha value is -3.76. The molecule has 0 aromatic heterocycles. The number of carboxylic acids is 3. The Morgan fingerprint density at radius 3 is 1.77 bits per heavy atom. The van der Waals surface area contributed by atoms with Crippen LogP contribution in [0.25, 0.3) is 0 Å². The average molecular weight is 661 g/mol. The number of halogens is 7. The van der Waals surface area contributed by atoms with E-state index in [4.69, 9.17) is 46.0 Å². The van der Waals surface area contributed by atoms with Gasteiger partial charge in [-0.3, -0.25) is 4.90 Å². The highest BCUT2D eigenvalue weighted by atomic mass is 35.5. The van der Waals surface area contributed by atoms with Crippen LogP contribution in [-0.4, -0.2) is 89.4 Å². The maximum absolute atomic E-state index is 10.7. The number of nitrogens with one attached hydrogen (secondary N) is 1. The first-order valence-electron chi connectivity index (χ1n) is 12.9. The smallest absolute Gasteiger partial charge is 0.490 e. The van der Waals surface area contributed by atoms with E-state index in [-0.39, 0.29) is 6.61 Å². The SMILES string of the molecule is O=C(O)C(F)(F)F.O=C(O)C(F)(F)F.O=C(O)COc1ccccc1OCCCNC1CCN(Cc2ccc(Cl)cc2)CC1. The summed E-state index contributed by atoms with van der Waals surface area (Å²) in [5.74, 6) is -5.48. The molecule has 1 aliphatic heterocycles.